The monoisotopic (exact) mass is 291 g/mol. The first-order chi connectivity index (χ1) is 9.46. The van der Waals surface area contributed by atoms with Crippen molar-refractivity contribution in [3.05, 3.63) is 53.7 Å². The van der Waals surface area contributed by atoms with Gasteiger partial charge in [0.25, 0.3) is 0 Å². The molecule has 0 unspecified atom stereocenters. The van der Waals surface area contributed by atoms with Gasteiger partial charge in [0.2, 0.25) is 9.84 Å². The van der Waals surface area contributed by atoms with Gasteiger partial charge in [0.05, 0.1) is 12.0 Å². The molecule has 0 bridgehead atoms. The summed E-state index contributed by atoms with van der Waals surface area (Å²) in [5, 5.41) is -0.172. The number of nitrogens with zero attached hydrogens (tertiary/aromatic N) is 1. The first kappa shape index (κ1) is 14.2. The van der Waals surface area contributed by atoms with Gasteiger partial charge in [0, 0.05) is 0 Å². The van der Waals surface area contributed by atoms with Gasteiger partial charge in [-0.3, -0.25) is 0 Å². The fourth-order valence-corrected chi connectivity index (χ4v) is 2.90. The van der Waals surface area contributed by atoms with Crippen LogP contribution >= 0.6 is 0 Å². The molecule has 0 aliphatic heterocycles. The van der Waals surface area contributed by atoms with Gasteiger partial charge in [-0.2, -0.15) is 0 Å². The van der Waals surface area contributed by atoms with E-state index in [1.54, 1.807) is 25.1 Å². The molecular formula is C14H13NO4S. The Labute approximate surface area is 117 Å². The number of sulfone groups is 1. The van der Waals surface area contributed by atoms with E-state index in [2.05, 4.69) is 9.72 Å². The zero-order valence-electron chi connectivity index (χ0n) is 11.0. The van der Waals surface area contributed by atoms with Crippen LogP contribution in [0.4, 0.5) is 0 Å². The average molecular weight is 291 g/mol. The summed E-state index contributed by atoms with van der Waals surface area (Å²) in [5.41, 5.74) is 0.563. The lowest BCUT2D eigenvalue weighted by molar-refractivity contribution is 0.0592. The number of rotatable bonds is 3. The number of ether oxygens (including phenoxy) is 1. The first-order valence-corrected chi connectivity index (χ1v) is 7.31. The van der Waals surface area contributed by atoms with Crippen LogP contribution < -0.4 is 0 Å². The molecule has 1 aromatic heterocycles. The summed E-state index contributed by atoms with van der Waals surface area (Å²) in [4.78, 5) is 15.6. The Balaban J connectivity index is 2.57. The van der Waals surface area contributed by atoms with Gasteiger partial charge in [0.1, 0.15) is 0 Å². The fourth-order valence-electron chi connectivity index (χ4n) is 1.68. The highest BCUT2D eigenvalue weighted by atomic mass is 32.2. The summed E-state index contributed by atoms with van der Waals surface area (Å²) in [6, 6.07) is 10.9. The number of benzene rings is 1. The molecule has 5 nitrogen and oxygen atoms in total. The van der Waals surface area contributed by atoms with Crippen LogP contribution in [0.25, 0.3) is 0 Å². The maximum absolute atomic E-state index is 12.4. The van der Waals surface area contributed by atoms with Gasteiger partial charge in [-0.15, -0.1) is 0 Å². The van der Waals surface area contributed by atoms with Crippen LogP contribution in [-0.4, -0.2) is 26.5 Å². The molecule has 0 aliphatic carbocycles. The standard InChI is InChI=1S/C14H13NO4S/c1-10-8-9-12(15-13(10)14(16)19-2)20(17,18)11-6-4-3-5-7-11/h3-9H,1-2H3. The third-order valence-electron chi connectivity index (χ3n) is 2.78. The second kappa shape index (κ2) is 5.42. The maximum atomic E-state index is 12.4. The van der Waals surface area contributed by atoms with Crippen molar-refractivity contribution in [1.82, 2.24) is 4.98 Å². The van der Waals surface area contributed by atoms with Crippen LogP contribution in [0, 0.1) is 6.92 Å². The minimum absolute atomic E-state index is 0.00417. The number of hydrogen-bond acceptors (Lipinski definition) is 5. The molecule has 20 heavy (non-hydrogen) atoms. The second-order valence-corrected chi connectivity index (χ2v) is 6.02. The van der Waals surface area contributed by atoms with Gasteiger partial charge in [-0.1, -0.05) is 24.3 Å². The summed E-state index contributed by atoms with van der Waals surface area (Å²) in [7, 11) is -2.51. The van der Waals surface area contributed by atoms with Gasteiger partial charge in [0.15, 0.2) is 10.7 Å². The van der Waals surface area contributed by atoms with Crippen molar-refractivity contribution in [3.63, 3.8) is 0 Å². The van der Waals surface area contributed by atoms with Crippen molar-refractivity contribution in [2.75, 3.05) is 7.11 Å². The smallest absolute Gasteiger partial charge is 0.356 e. The Kier molecular flexibility index (Phi) is 3.85. The number of carbonyl (C=O) groups is 1. The molecule has 1 aromatic carbocycles. The predicted octanol–water partition coefficient (Wildman–Crippen LogP) is 2.01. The number of aryl methyl sites for hydroxylation is 1. The third-order valence-corrected chi connectivity index (χ3v) is 4.45. The van der Waals surface area contributed by atoms with E-state index in [4.69, 9.17) is 0 Å². The minimum atomic E-state index is -3.74. The van der Waals surface area contributed by atoms with Gasteiger partial charge in [-0.25, -0.2) is 18.2 Å². The number of carbonyl (C=O) groups excluding carboxylic acids is 1. The largest absolute Gasteiger partial charge is 0.464 e. The van der Waals surface area contributed by atoms with E-state index in [1.165, 1.54) is 31.4 Å². The van der Waals surface area contributed by atoms with E-state index in [-0.39, 0.29) is 15.6 Å². The topological polar surface area (TPSA) is 73.3 Å². The van der Waals surface area contributed by atoms with Gasteiger partial charge >= 0.3 is 5.97 Å². The molecule has 0 fully saturated rings. The quantitative estimate of drug-likeness (QED) is 0.809. The highest BCUT2D eigenvalue weighted by Gasteiger charge is 2.22. The van der Waals surface area contributed by atoms with Crippen molar-refractivity contribution < 1.29 is 17.9 Å². The molecule has 2 rings (SSSR count). The van der Waals surface area contributed by atoms with E-state index in [0.29, 0.717) is 5.56 Å². The number of hydrogen-bond donors (Lipinski definition) is 0. The summed E-state index contributed by atoms with van der Waals surface area (Å²) in [6.45, 7) is 1.66. The van der Waals surface area contributed by atoms with Gasteiger partial charge in [-0.05, 0) is 30.7 Å². The molecule has 0 atom stereocenters. The Morgan fingerprint density at radius 3 is 2.35 bits per heavy atom. The zero-order valence-corrected chi connectivity index (χ0v) is 11.8. The van der Waals surface area contributed by atoms with Crippen molar-refractivity contribution in [2.24, 2.45) is 0 Å². The van der Waals surface area contributed by atoms with E-state index >= 15 is 0 Å². The van der Waals surface area contributed by atoms with Gasteiger partial charge < -0.3 is 4.74 Å². The van der Waals surface area contributed by atoms with E-state index in [0.717, 1.165) is 0 Å². The van der Waals surface area contributed by atoms with Crippen LogP contribution in [0.2, 0.25) is 0 Å². The van der Waals surface area contributed by atoms with E-state index < -0.39 is 15.8 Å². The summed E-state index contributed by atoms with van der Waals surface area (Å²) >= 11 is 0. The van der Waals surface area contributed by atoms with E-state index in [9.17, 15) is 13.2 Å². The van der Waals surface area contributed by atoms with Crippen LogP contribution in [-0.2, 0) is 14.6 Å². The molecule has 0 N–H and O–H groups in total. The Hall–Kier alpha value is -2.21. The Morgan fingerprint density at radius 2 is 1.75 bits per heavy atom. The molecule has 0 amide bonds. The second-order valence-electron chi connectivity index (χ2n) is 4.12. The number of methoxy groups -OCH3 is 1. The maximum Gasteiger partial charge on any atom is 0.356 e. The highest BCUT2D eigenvalue weighted by Crippen LogP contribution is 2.20. The van der Waals surface area contributed by atoms with Crippen LogP contribution in [0.5, 0.6) is 0 Å². The fraction of sp³-hybridized carbons (Fsp3) is 0.143. The Bertz CT molecular complexity index is 739. The minimum Gasteiger partial charge on any atom is -0.464 e. The molecule has 0 radical (unpaired) electrons. The van der Waals surface area contributed by atoms with Crippen molar-refractivity contribution >= 4 is 15.8 Å². The Morgan fingerprint density at radius 1 is 1.10 bits per heavy atom. The molecule has 0 aliphatic rings. The summed E-state index contributed by atoms with van der Waals surface area (Å²) < 4.78 is 29.4. The van der Waals surface area contributed by atoms with Crippen LogP contribution in [0.1, 0.15) is 16.1 Å². The molecule has 0 saturated heterocycles. The van der Waals surface area contributed by atoms with Crippen LogP contribution in [0.15, 0.2) is 52.4 Å². The predicted molar refractivity (Wildman–Crippen MR) is 72.2 cm³/mol. The normalized spacial score (nSPS) is 11.1. The first-order valence-electron chi connectivity index (χ1n) is 5.83. The molecule has 6 heteroatoms. The molecule has 1 heterocycles. The molecule has 0 spiro atoms. The highest BCUT2D eigenvalue weighted by molar-refractivity contribution is 7.91. The lowest BCUT2D eigenvalue weighted by Gasteiger charge is -2.07. The SMILES string of the molecule is COC(=O)c1nc(S(=O)(=O)c2ccccc2)ccc1C. The average Bonchev–Trinajstić information content (AvgIpc) is 2.47. The summed E-state index contributed by atoms with van der Waals surface area (Å²) in [5.74, 6) is -0.660. The third kappa shape index (κ3) is 2.55. The zero-order chi connectivity index (χ0) is 14.8. The molecular weight excluding hydrogens is 278 g/mol. The lowest BCUT2D eigenvalue weighted by atomic mass is 10.2. The van der Waals surface area contributed by atoms with Crippen molar-refractivity contribution in [1.29, 1.82) is 0 Å². The van der Waals surface area contributed by atoms with E-state index in [1.807, 2.05) is 0 Å². The molecule has 104 valence electrons. The van der Waals surface area contributed by atoms with Crippen molar-refractivity contribution in [2.45, 2.75) is 16.8 Å². The summed E-state index contributed by atoms with van der Waals surface area (Å²) in [6.07, 6.45) is 0. The molecule has 2 aromatic rings. The lowest BCUT2D eigenvalue weighted by Crippen LogP contribution is -2.11. The van der Waals surface area contributed by atoms with Crippen LogP contribution in [0.3, 0.4) is 0 Å². The van der Waals surface area contributed by atoms with Crippen molar-refractivity contribution in [3.8, 4) is 0 Å². The number of esters is 1. The molecule has 0 saturated carbocycles. The number of pyridine rings is 1. The number of aromatic nitrogens is 1.